The summed E-state index contributed by atoms with van der Waals surface area (Å²) in [6.45, 7) is 0.0351. The molecule has 0 aliphatic heterocycles. The van der Waals surface area contributed by atoms with Crippen molar-refractivity contribution in [2.75, 3.05) is 0 Å². The second-order valence-corrected chi connectivity index (χ2v) is 7.30. The number of carbonyl (C=O) groups is 1. The highest BCUT2D eigenvalue weighted by Gasteiger charge is 2.10. The number of esters is 1. The van der Waals surface area contributed by atoms with Gasteiger partial charge in [-0.05, 0) is 23.8 Å². The molecule has 29 heavy (non-hydrogen) atoms. The fourth-order valence-corrected chi connectivity index (χ4v) is 3.38. The number of thiazole rings is 1. The highest BCUT2D eigenvalue weighted by molar-refractivity contribution is 7.12. The Hall–Kier alpha value is -3.29. The van der Waals surface area contributed by atoms with E-state index in [1.807, 2.05) is 60.0 Å². The first-order chi connectivity index (χ1) is 14.2. The van der Waals surface area contributed by atoms with Gasteiger partial charge in [0.1, 0.15) is 12.3 Å². The maximum absolute atomic E-state index is 11.9. The van der Waals surface area contributed by atoms with Gasteiger partial charge in [-0.3, -0.25) is 0 Å². The van der Waals surface area contributed by atoms with Crippen molar-refractivity contribution in [2.45, 2.75) is 6.61 Å². The molecule has 2 heterocycles. The Labute approximate surface area is 176 Å². The summed E-state index contributed by atoms with van der Waals surface area (Å²) in [5.74, 6) is -0.442. The van der Waals surface area contributed by atoms with Crippen molar-refractivity contribution >= 4 is 35.0 Å². The Morgan fingerprint density at radius 3 is 2.72 bits per heavy atom. The quantitative estimate of drug-likeness (QED) is 0.329. The molecule has 4 rings (SSSR count). The number of hydrogen-bond acceptors (Lipinski definition) is 6. The molecule has 0 aliphatic carbocycles. The van der Waals surface area contributed by atoms with Gasteiger partial charge < -0.3 is 4.74 Å². The third-order valence-electron chi connectivity index (χ3n) is 3.94. The van der Waals surface area contributed by atoms with Crippen molar-refractivity contribution < 1.29 is 9.53 Å². The lowest BCUT2D eigenvalue weighted by atomic mass is 10.2. The van der Waals surface area contributed by atoms with Crippen molar-refractivity contribution in [3.05, 3.63) is 88.5 Å². The zero-order chi connectivity index (χ0) is 20.1. The first kappa shape index (κ1) is 19.0. The van der Waals surface area contributed by atoms with Gasteiger partial charge in [0, 0.05) is 22.0 Å². The van der Waals surface area contributed by atoms with Crippen LogP contribution in [0.25, 0.3) is 22.5 Å². The smallest absolute Gasteiger partial charge is 0.331 e. The minimum absolute atomic E-state index is 0.0351. The SMILES string of the molecule is O=C(/C=C/c1ccccc1)OCc1cn(-c2nc(-c3ccc(Cl)cc3)cs2)nn1. The van der Waals surface area contributed by atoms with Crippen LogP contribution in [0.1, 0.15) is 11.3 Å². The van der Waals surface area contributed by atoms with Gasteiger partial charge in [0.25, 0.3) is 0 Å². The first-order valence-corrected chi connectivity index (χ1v) is 9.96. The summed E-state index contributed by atoms with van der Waals surface area (Å²) in [7, 11) is 0. The van der Waals surface area contributed by atoms with Crippen molar-refractivity contribution in [3.8, 4) is 16.4 Å². The molecular formula is C21H15ClN4O2S. The number of halogens is 1. The van der Waals surface area contributed by atoms with Crippen molar-refractivity contribution in [2.24, 2.45) is 0 Å². The van der Waals surface area contributed by atoms with Gasteiger partial charge in [0.2, 0.25) is 5.13 Å². The lowest BCUT2D eigenvalue weighted by molar-refractivity contribution is -0.139. The van der Waals surface area contributed by atoms with Crippen LogP contribution in [0.2, 0.25) is 5.02 Å². The molecule has 6 nitrogen and oxygen atoms in total. The average Bonchev–Trinajstić information content (AvgIpc) is 3.42. The Bertz CT molecular complexity index is 1140. The second kappa shape index (κ2) is 8.81. The zero-order valence-electron chi connectivity index (χ0n) is 15.1. The molecule has 0 saturated carbocycles. The topological polar surface area (TPSA) is 69.9 Å². The van der Waals surface area contributed by atoms with Gasteiger partial charge in [-0.2, -0.15) is 4.68 Å². The Morgan fingerprint density at radius 2 is 1.93 bits per heavy atom. The molecule has 0 fully saturated rings. The molecule has 144 valence electrons. The number of nitrogens with zero attached hydrogens (tertiary/aromatic N) is 4. The molecule has 0 N–H and O–H groups in total. The van der Waals surface area contributed by atoms with E-state index in [-0.39, 0.29) is 6.61 Å². The van der Waals surface area contributed by atoms with E-state index >= 15 is 0 Å². The minimum Gasteiger partial charge on any atom is -0.456 e. The molecule has 2 aromatic carbocycles. The summed E-state index contributed by atoms with van der Waals surface area (Å²) in [5.41, 5.74) is 3.26. The summed E-state index contributed by atoms with van der Waals surface area (Å²) in [6, 6.07) is 17.0. The molecule has 8 heteroatoms. The van der Waals surface area contributed by atoms with E-state index in [0.29, 0.717) is 15.8 Å². The highest BCUT2D eigenvalue weighted by Crippen LogP contribution is 2.25. The number of ether oxygens (including phenoxy) is 1. The van der Waals surface area contributed by atoms with E-state index in [1.165, 1.54) is 17.4 Å². The van der Waals surface area contributed by atoms with Crippen LogP contribution in [0.15, 0.2) is 72.3 Å². The van der Waals surface area contributed by atoms with Crippen LogP contribution in [-0.2, 0) is 16.1 Å². The van der Waals surface area contributed by atoms with E-state index in [9.17, 15) is 4.79 Å². The highest BCUT2D eigenvalue weighted by atomic mass is 35.5. The third kappa shape index (κ3) is 4.96. The number of carbonyl (C=O) groups excluding carboxylic acids is 1. The van der Waals surface area contributed by atoms with E-state index in [4.69, 9.17) is 16.3 Å². The summed E-state index contributed by atoms with van der Waals surface area (Å²) < 4.78 is 6.78. The van der Waals surface area contributed by atoms with E-state index < -0.39 is 5.97 Å². The molecule has 0 unspecified atom stereocenters. The zero-order valence-corrected chi connectivity index (χ0v) is 16.7. The molecule has 0 spiro atoms. The molecule has 0 amide bonds. The number of benzene rings is 2. The molecule has 0 atom stereocenters. The van der Waals surface area contributed by atoms with Crippen molar-refractivity contribution in [1.29, 1.82) is 0 Å². The van der Waals surface area contributed by atoms with Crippen molar-refractivity contribution in [1.82, 2.24) is 20.0 Å². The minimum atomic E-state index is -0.442. The largest absolute Gasteiger partial charge is 0.456 e. The summed E-state index contributed by atoms with van der Waals surface area (Å²) in [6.07, 6.45) is 4.78. The predicted octanol–water partition coefficient (Wildman–Crippen LogP) is 4.80. The standard InChI is InChI=1S/C21H15ClN4O2S/c22-17-9-7-16(8-10-17)19-14-29-21(23-19)26-12-18(24-25-26)13-28-20(27)11-6-15-4-2-1-3-5-15/h1-12,14H,13H2/b11-6+. The van der Waals surface area contributed by atoms with Gasteiger partial charge in [0.05, 0.1) is 11.9 Å². The molecular weight excluding hydrogens is 408 g/mol. The van der Waals surface area contributed by atoms with Crippen LogP contribution < -0.4 is 0 Å². The van der Waals surface area contributed by atoms with E-state index in [0.717, 1.165) is 16.8 Å². The Morgan fingerprint density at radius 1 is 1.14 bits per heavy atom. The summed E-state index contributed by atoms with van der Waals surface area (Å²) in [5, 5.41) is 11.4. The fourth-order valence-electron chi connectivity index (χ4n) is 2.50. The van der Waals surface area contributed by atoms with Gasteiger partial charge >= 0.3 is 5.97 Å². The molecule has 2 aromatic heterocycles. The predicted molar refractivity (Wildman–Crippen MR) is 113 cm³/mol. The fraction of sp³-hybridized carbons (Fsp3) is 0.0476. The lowest BCUT2D eigenvalue weighted by Gasteiger charge is -1.98. The normalized spacial score (nSPS) is 11.1. The molecule has 4 aromatic rings. The molecule has 0 radical (unpaired) electrons. The maximum atomic E-state index is 11.9. The van der Waals surface area contributed by atoms with Gasteiger partial charge in [-0.15, -0.1) is 16.4 Å². The number of hydrogen-bond donors (Lipinski definition) is 0. The van der Waals surface area contributed by atoms with Crippen LogP contribution in [-0.4, -0.2) is 25.9 Å². The van der Waals surface area contributed by atoms with Gasteiger partial charge in [-0.25, -0.2) is 9.78 Å². The van der Waals surface area contributed by atoms with Crippen molar-refractivity contribution in [3.63, 3.8) is 0 Å². The maximum Gasteiger partial charge on any atom is 0.331 e. The third-order valence-corrected chi connectivity index (χ3v) is 5.02. The van der Waals surface area contributed by atoms with Crippen LogP contribution in [0.5, 0.6) is 0 Å². The van der Waals surface area contributed by atoms with Crippen LogP contribution >= 0.6 is 22.9 Å². The second-order valence-electron chi connectivity index (χ2n) is 6.03. The van der Waals surface area contributed by atoms with Gasteiger partial charge in [-0.1, -0.05) is 59.3 Å². The molecule has 0 aliphatic rings. The average molecular weight is 423 g/mol. The first-order valence-electron chi connectivity index (χ1n) is 8.70. The monoisotopic (exact) mass is 422 g/mol. The summed E-state index contributed by atoms with van der Waals surface area (Å²) >= 11 is 7.37. The molecule has 0 bridgehead atoms. The lowest BCUT2D eigenvalue weighted by Crippen LogP contribution is -2.01. The number of aromatic nitrogens is 4. The van der Waals surface area contributed by atoms with Crippen LogP contribution in [0, 0.1) is 0 Å². The van der Waals surface area contributed by atoms with E-state index in [1.54, 1.807) is 17.0 Å². The van der Waals surface area contributed by atoms with Crippen LogP contribution in [0.3, 0.4) is 0 Å². The van der Waals surface area contributed by atoms with E-state index in [2.05, 4.69) is 15.3 Å². The Kier molecular flexibility index (Phi) is 5.79. The summed E-state index contributed by atoms with van der Waals surface area (Å²) in [4.78, 5) is 16.4. The van der Waals surface area contributed by atoms with Gasteiger partial charge in [0.15, 0.2) is 0 Å². The Balaban J connectivity index is 1.37. The number of rotatable bonds is 6. The van der Waals surface area contributed by atoms with Crippen LogP contribution in [0.4, 0.5) is 0 Å². The molecule has 0 saturated heterocycles.